The maximum Gasteiger partial charge on any atom is 2.00 e. The van der Waals surface area contributed by atoms with E-state index in [1.54, 1.807) is 12.1 Å². The van der Waals surface area contributed by atoms with Gasteiger partial charge in [-0.25, -0.2) is 4.79 Å². The number of rotatable bonds is 1. The van der Waals surface area contributed by atoms with E-state index in [0.29, 0.717) is 5.56 Å². The molecule has 0 heterocycles. The van der Waals surface area contributed by atoms with Gasteiger partial charge < -0.3 is 7.96 Å². The minimum atomic E-state index is -0.856. The molecule has 0 atom stereocenters. The van der Waals surface area contributed by atoms with Crippen molar-refractivity contribution in [3.05, 3.63) is 35.4 Å². The summed E-state index contributed by atoms with van der Waals surface area (Å²) in [5.41, 5.74) is 1.16. The number of aromatic carboxylic acids is 1. The number of benzene rings is 1. The SMILES string of the molecule is CC(C)(C)c1ccccc1C(=O)O.[Ba+2].[H-].[H-]. The summed E-state index contributed by atoms with van der Waals surface area (Å²) in [5.74, 6) is -0.856. The van der Waals surface area contributed by atoms with Gasteiger partial charge in [-0.1, -0.05) is 39.0 Å². The number of hydrogen-bond acceptors (Lipinski definition) is 1. The molecule has 1 aromatic rings. The van der Waals surface area contributed by atoms with Gasteiger partial charge in [-0.3, -0.25) is 0 Å². The third-order valence-corrected chi connectivity index (χ3v) is 1.97. The van der Waals surface area contributed by atoms with Crippen molar-refractivity contribution in [2.24, 2.45) is 0 Å². The van der Waals surface area contributed by atoms with E-state index < -0.39 is 5.97 Å². The summed E-state index contributed by atoms with van der Waals surface area (Å²) in [5, 5.41) is 8.93. The van der Waals surface area contributed by atoms with Gasteiger partial charge in [0.05, 0.1) is 5.56 Å². The molecule has 0 bridgehead atoms. The Balaban J connectivity index is -0.000000563. The van der Waals surface area contributed by atoms with E-state index in [4.69, 9.17) is 5.11 Å². The van der Waals surface area contributed by atoms with Crippen molar-refractivity contribution in [2.45, 2.75) is 26.2 Å². The van der Waals surface area contributed by atoms with Gasteiger partial charge in [-0.05, 0) is 17.0 Å². The maximum absolute atomic E-state index is 10.9. The van der Waals surface area contributed by atoms with Crippen molar-refractivity contribution < 1.29 is 12.8 Å². The maximum atomic E-state index is 10.9. The van der Waals surface area contributed by atoms with E-state index in [2.05, 4.69) is 0 Å². The normalized spacial score (nSPS) is 10.5. The van der Waals surface area contributed by atoms with Crippen LogP contribution in [0.4, 0.5) is 0 Å². The zero-order chi connectivity index (χ0) is 10.1. The molecule has 0 aliphatic carbocycles. The number of carboxylic acids is 1. The van der Waals surface area contributed by atoms with E-state index in [-0.39, 0.29) is 57.1 Å². The average Bonchev–Trinajstić information content (AvgIpc) is 2.03. The van der Waals surface area contributed by atoms with E-state index in [1.165, 1.54) is 0 Å². The molecule has 3 heteroatoms. The van der Waals surface area contributed by atoms with Crippen molar-refractivity contribution in [1.29, 1.82) is 0 Å². The van der Waals surface area contributed by atoms with E-state index in [1.807, 2.05) is 32.9 Å². The molecule has 74 valence electrons. The summed E-state index contributed by atoms with van der Waals surface area (Å²) in [6.45, 7) is 6.03. The van der Waals surface area contributed by atoms with Crippen LogP contribution in [0.15, 0.2) is 24.3 Å². The third-order valence-electron chi connectivity index (χ3n) is 1.97. The molecule has 0 saturated heterocycles. The Morgan fingerprint density at radius 2 is 1.79 bits per heavy atom. The van der Waals surface area contributed by atoms with Crippen molar-refractivity contribution in [2.75, 3.05) is 0 Å². The molecular weight excluding hydrogens is 301 g/mol. The van der Waals surface area contributed by atoms with Gasteiger partial charge in [0.15, 0.2) is 0 Å². The van der Waals surface area contributed by atoms with Crippen molar-refractivity contribution in [3.8, 4) is 0 Å². The first kappa shape index (κ1) is 14.3. The molecule has 14 heavy (non-hydrogen) atoms. The third kappa shape index (κ3) is 3.44. The average molecular weight is 318 g/mol. The Morgan fingerprint density at radius 1 is 1.29 bits per heavy atom. The van der Waals surface area contributed by atoms with Gasteiger partial charge in [0.1, 0.15) is 0 Å². The molecule has 0 aliphatic heterocycles. The predicted octanol–water partition coefficient (Wildman–Crippen LogP) is 2.53. The molecule has 1 N–H and O–H groups in total. The Morgan fingerprint density at radius 3 is 2.14 bits per heavy atom. The summed E-state index contributed by atoms with van der Waals surface area (Å²) in [7, 11) is 0. The second-order valence-corrected chi connectivity index (χ2v) is 4.10. The van der Waals surface area contributed by atoms with Gasteiger partial charge in [-0.15, -0.1) is 0 Å². The minimum absolute atomic E-state index is 0. The fraction of sp³-hybridized carbons (Fsp3) is 0.364. The second-order valence-electron chi connectivity index (χ2n) is 4.10. The van der Waals surface area contributed by atoms with Crippen LogP contribution in [0.2, 0.25) is 0 Å². The summed E-state index contributed by atoms with van der Waals surface area (Å²) >= 11 is 0. The Kier molecular flexibility index (Phi) is 5.47. The van der Waals surface area contributed by atoms with Gasteiger partial charge >= 0.3 is 54.9 Å². The first-order valence-electron chi connectivity index (χ1n) is 4.26. The van der Waals surface area contributed by atoms with Crippen molar-refractivity contribution in [3.63, 3.8) is 0 Å². The first-order valence-corrected chi connectivity index (χ1v) is 4.26. The Hall–Kier alpha value is 0.261. The topological polar surface area (TPSA) is 37.3 Å². The van der Waals surface area contributed by atoms with Crippen LogP contribution in [0.5, 0.6) is 0 Å². The number of hydrogen-bond donors (Lipinski definition) is 1. The monoisotopic (exact) mass is 318 g/mol. The van der Waals surface area contributed by atoms with E-state index >= 15 is 0 Å². The predicted molar refractivity (Wildman–Crippen MR) is 60.1 cm³/mol. The molecule has 0 aromatic heterocycles. The van der Waals surface area contributed by atoms with Gasteiger partial charge in [0.2, 0.25) is 0 Å². The summed E-state index contributed by atoms with van der Waals surface area (Å²) < 4.78 is 0. The fourth-order valence-corrected chi connectivity index (χ4v) is 1.32. The van der Waals surface area contributed by atoms with Crippen LogP contribution in [-0.4, -0.2) is 60.0 Å². The summed E-state index contributed by atoms with van der Waals surface area (Å²) in [6, 6.07) is 7.12. The molecule has 0 amide bonds. The Bertz CT molecular complexity index is 335. The van der Waals surface area contributed by atoms with Crippen LogP contribution >= 0.6 is 0 Å². The molecule has 2 nitrogen and oxygen atoms in total. The minimum Gasteiger partial charge on any atom is -1.00 e. The van der Waals surface area contributed by atoms with Gasteiger partial charge in [0, 0.05) is 0 Å². The van der Waals surface area contributed by atoms with Crippen LogP contribution in [-0.2, 0) is 5.41 Å². The standard InChI is InChI=1S/C11H14O2.Ba.2H/c1-11(2,3)9-7-5-4-6-8(9)10(12)13;;;/h4-7H,1-3H3,(H,12,13);;;/q;+2;2*-1. The second kappa shape index (κ2) is 5.37. The molecule has 0 aliphatic rings. The van der Waals surface area contributed by atoms with Crippen LogP contribution in [0.25, 0.3) is 0 Å². The van der Waals surface area contributed by atoms with Crippen LogP contribution in [0.1, 0.15) is 39.5 Å². The smallest absolute Gasteiger partial charge is 1.00 e. The molecule has 0 saturated carbocycles. The van der Waals surface area contributed by atoms with Crippen molar-refractivity contribution >= 4 is 54.9 Å². The van der Waals surface area contributed by atoms with Crippen molar-refractivity contribution in [1.82, 2.24) is 0 Å². The van der Waals surface area contributed by atoms with Crippen LogP contribution in [0.3, 0.4) is 0 Å². The molecule has 1 rings (SSSR count). The molecule has 0 spiro atoms. The molecular formula is C11H16BaO2. The molecule has 1 aromatic carbocycles. The fourth-order valence-electron chi connectivity index (χ4n) is 1.32. The van der Waals surface area contributed by atoms with E-state index in [0.717, 1.165) is 5.56 Å². The quantitative estimate of drug-likeness (QED) is 0.808. The Labute approximate surface area is 128 Å². The molecule has 0 radical (unpaired) electrons. The first-order chi connectivity index (χ1) is 5.93. The molecule has 0 fully saturated rings. The molecule has 0 unspecified atom stereocenters. The zero-order valence-corrected chi connectivity index (χ0v) is 13.3. The summed E-state index contributed by atoms with van der Waals surface area (Å²) in [4.78, 5) is 10.9. The number of carboxylic acid groups (broad SMARTS) is 1. The van der Waals surface area contributed by atoms with Crippen LogP contribution in [0, 0.1) is 0 Å². The van der Waals surface area contributed by atoms with Gasteiger partial charge in [0.25, 0.3) is 0 Å². The summed E-state index contributed by atoms with van der Waals surface area (Å²) in [6.07, 6.45) is 0. The number of carbonyl (C=O) groups is 1. The van der Waals surface area contributed by atoms with Gasteiger partial charge in [-0.2, -0.15) is 0 Å². The van der Waals surface area contributed by atoms with Crippen LogP contribution < -0.4 is 0 Å². The largest absolute Gasteiger partial charge is 2.00 e. The zero-order valence-electron chi connectivity index (χ0n) is 10.9. The van der Waals surface area contributed by atoms with E-state index in [9.17, 15) is 4.79 Å².